The Morgan fingerprint density at radius 1 is 0.929 bits per heavy atom. The van der Waals surface area contributed by atoms with Crippen molar-refractivity contribution in [1.82, 2.24) is 15.1 Å². The second kappa shape index (κ2) is 8.31. The molecule has 2 aromatic rings. The molecule has 4 rings (SSSR count). The number of benzene rings is 2. The standard InChI is InChI=1S/C21H23N3O4/c25-20(13-22-21(26)17-4-2-1-3-5-17)24-10-8-23(9-11-24)14-16-6-7-18-19(12-16)28-15-27-18/h1-7,12H,8-11,13-15H2,(H,22,26). The van der Waals surface area contributed by atoms with Crippen LogP contribution in [0.25, 0.3) is 0 Å². The van der Waals surface area contributed by atoms with Crippen LogP contribution in [-0.2, 0) is 11.3 Å². The summed E-state index contributed by atoms with van der Waals surface area (Å²) in [5.41, 5.74) is 1.72. The third kappa shape index (κ3) is 4.26. The predicted molar refractivity (Wildman–Crippen MR) is 103 cm³/mol. The molecule has 7 nitrogen and oxygen atoms in total. The van der Waals surface area contributed by atoms with Gasteiger partial charge in [-0.15, -0.1) is 0 Å². The van der Waals surface area contributed by atoms with Crippen LogP contribution in [0.4, 0.5) is 0 Å². The number of hydrogen-bond donors (Lipinski definition) is 1. The van der Waals surface area contributed by atoms with Crippen LogP contribution in [0.2, 0.25) is 0 Å². The lowest BCUT2D eigenvalue weighted by Crippen LogP contribution is -2.50. The summed E-state index contributed by atoms with van der Waals surface area (Å²) in [6, 6.07) is 14.9. The molecular formula is C21H23N3O4. The molecule has 2 aromatic carbocycles. The summed E-state index contributed by atoms with van der Waals surface area (Å²) < 4.78 is 10.8. The lowest BCUT2D eigenvalue weighted by Gasteiger charge is -2.34. The van der Waals surface area contributed by atoms with Gasteiger partial charge in [0.1, 0.15) is 0 Å². The van der Waals surface area contributed by atoms with Crippen LogP contribution in [0.1, 0.15) is 15.9 Å². The molecule has 2 aliphatic rings. The van der Waals surface area contributed by atoms with Crippen molar-refractivity contribution in [3.63, 3.8) is 0 Å². The van der Waals surface area contributed by atoms with Gasteiger partial charge in [0, 0.05) is 38.3 Å². The second-order valence-corrected chi connectivity index (χ2v) is 6.89. The van der Waals surface area contributed by atoms with Crippen molar-refractivity contribution in [2.45, 2.75) is 6.54 Å². The summed E-state index contributed by atoms with van der Waals surface area (Å²) in [6.45, 7) is 4.02. The third-order valence-corrected chi connectivity index (χ3v) is 5.00. The molecule has 7 heteroatoms. The van der Waals surface area contributed by atoms with Gasteiger partial charge >= 0.3 is 0 Å². The van der Waals surface area contributed by atoms with E-state index in [0.717, 1.165) is 31.1 Å². The van der Waals surface area contributed by atoms with Crippen molar-refractivity contribution in [1.29, 1.82) is 0 Å². The van der Waals surface area contributed by atoms with Crippen LogP contribution in [0.5, 0.6) is 11.5 Å². The maximum Gasteiger partial charge on any atom is 0.251 e. The van der Waals surface area contributed by atoms with Gasteiger partial charge in [0.15, 0.2) is 11.5 Å². The number of carbonyl (C=O) groups excluding carboxylic acids is 2. The molecule has 0 saturated carbocycles. The molecule has 0 unspecified atom stereocenters. The topological polar surface area (TPSA) is 71.1 Å². The van der Waals surface area contributed by atoms with Gasteiger partial charge in [-0.05, 0) is 29.8 Å². The highest BCUT2D eigenvalue weighted by atomic mass is 16.7. The molecule has 1 saturated heterocycles. The number of amides is 2. The molecule has 1 fully saturated rings. The molecule has 0 bridgehead atoms. The van der Waals surface area contributed by atoms with Gasteiger partial charge in [0.25, 0.3) is 5.91 Å². The maximum absolute atomic E-state index is 12.4. The fraction of sp³-hybridized carbons (Fsp3) is 0.333. The minimum absolute atomic E-state index is 0.0237. The number of piperazine rings is 1. The molecule has 0 aliphatic carbocycles. The molecular weight excluding hydrogens is 358 g/mol. The Labute approximate surface area is 163 Å². The minimum atomic E-state index is -0.226. The van der Waals surface area contributed by atoms with E-state index in [1.54, 1.807) is 29.2 Å². The summed E-state index contributed by atoms with van der Waals surface area (Å²) >= 11 is 0. The first kappa shape index (κ1) is 18.3. The number of nitrogens with one attached hydrogen (secondary N) is 1. The molecule has 1 N–H and O–H groups in total. The highest BCUT2D eigenvalue weighted by Gasteiger charge is 2.22. The van der Waals surface area contributed by atoms with Crippen molar-refractivity contribution in [3.05, 3.63) is 59.7 Å². The molecule has 0 radical (unpaired) electrons. The van der Waals surface area contributed by atoms with Crippen molar-refractivity contribution in [2.24, 2.45) is 0 Å². The average molecular weight is 381 g/mol. The van der Waals surface area contributed by atoms with Gasteiger partial charge in [-0.1, -0.05) is 24.3 Å². The van der Waals surface area contributed by atoms with Gasteiger partial charge in [-0.25, -0.2) is 0 Å². The summed E-state index contributed by atoms with van der Waals surface area (Å²) in [5, 5.41) is 2.70. The smallest absolute Gasteiger partial charge is 0.251 e. The zero-order valence-corrected chi connectivity index (χ0v) is 15.6. The van der Waals surface area contributed by atoms with E-state index in [9.17, 15) is 9.59 Å². The first-order valence-corrected chi connectivity index (χ1v) is 9.41. The second-order valence-electron chi connectivity index (χ2n) is 6.89. The lowest BCUT2D eigenvalue weighted by atomic mass is 10.1. The Hall–Kier alpha value is -3.06. The van der Waals surface area contributed by atoms with E-state index in [1.165, 1.54) is 5.56 Å². The van der Waals surface area contributed by atoms with Crippen LogP contribution in [0.3, 0.4) is 0 Å². The Bertz CT molecular complexity index is 848. The Morgan fingerprint density at radius 2 is 1.68 bits per heavy atom. The summed E-state index contributed by atoms with van der Waals surface area (Å²) in [5.74, 6) is 1.31. The maximum atomic E-state index is 12.4. The zero-order valence-electron chi connectivity index (χ0n) is 15.6. The first-order chi connectivity index (χ1) is 13.7. The normalized spacial score (nSPS) is 16.1. The Kier molecular flexibility index (Phi) is 5.43. The van der Waals surface area contributed by atoms with Gasteiger partial charge in [-0.2, -0.15) is 0 Å². The van der Waals surface area contributed by atoms with Crippen molar-refractivity contribution < 1.29 is 19.1 Å². The highest BCUT2D eigenvalue weighted by molar-refractivity contribution is 5.96. The zero-order chi connectivity index (χ0) is 19.3. The van der Waals surface area contributed by atoms with E-state index < -0.39 is 0 Å². The molecule has 2 aliphatic heterocycles. The number of nitrogens with zero attached hydrogens (tertiary/aromatic N) is 2. The van der Waals surface area contributed by atoms with E-state index in [0.29, 0.717) is 18.7 Å². The van der Waals surface area contributed by atoms with E-state index in [-0.39, 0.29) is 25.2 Å². The van der Waals surface area contributed by atoms with Gasteiger partial charge in [-0.3, -0.25) is 14.5 Å². The van der Waals surface area contributed by atoms with E-state index in [2.05, 4.69) is 10.2 Å². The van der Waals surface area contributed by atoms with Crippen LogP contribution in [-0.4, -0.2) is 61.1 Å². The van der Waals surface area contributed by atoms with Crippen molar-refractivity contribution in [2.75, 3.05) is 39.5 Å². The van der Waals surface area contributed by atoms with Gasteiger partial charge in [0.2, 0.25) is 12.7 Å². The molecule has 146 valence electrons. The SMILES string of the molecule is O=C(NCC(=O)N1CCN(Cc2ccc3c(c2)OCO3)CC1)c1ccccc1. The minimum Gasteiger partial charge on any atom is -0.454 e. The Morgan fingerprint density at radius 3 is 2.46 bits per heavy atom. The fourth-order valence-electron chi connectivity index (χ4n) is 3.41. The fourth-order valence-corrected chi connectivity index (χ4v) is 3.41. The van der Waals surface area contributed by atoms with Crippen LogP contribution < -0.4 is 14.8 Å². The van der Waals surface area contributed by atoms with Crippen LogP contribution in [0, 0.1) is 0 Å². The Balaban J connectivity index is 1.22. The summed E-state index contributed by atoms with van der Waals surface area (Å²) in [6.07, 6.45) is 0. The molecule has 0 aromatic heterocycles. The van der Waals surface area contributed by atoms with Gasteiger partial charge < -0.3 is 19.7 Å². The highest BCUT2D eigenvalue weighted by Crippen LogP contribution is 2.32. The average Bonchev–Trinajstić information content (AvgIpc) is 3.21. The number of hydrogen-bond acceptors (Lipinski definition) is 5. The quantitative estimate of drug-likeness (QED) is 0.850. The first-order valence-electron chi connectivity index (χ1n) is 9.41. The molecule has 2 heterocycles. The van der Waals surface area contributed by atoms with E-state index in [4.69, 9.17) is 9.47 Å². The van der Waals surface area contributed by atoms with Crippen molar-refractivity contribution in [3.8, 4) is 11.5 Å². The number of rotatable bonds is 5. The van der Waals surface area contributed by atoms with E-state index in [1.807, 2.05) is 24.3 Å². The van der Waals surface area contributed by atoms with Crippen LogP contribution >= 0.6 is 0 Å². The van der Waals surface area contributed by atoms with Crippen LogP contribution in [0.15, 0.2) is 48.5 Å². The van der Waals surface area contributed by atoms with Gasteiger partial charge in [0.05, 0.1) is 6.54 Å². The van der Waals surface area contributed by atoms with E-state index >= 15 is 0 Å². The number of carbonyl (C=O) groups is 2. The number of fused-ring (bicyclic) bond motifs is 1. The summed E-state index contributed by atoms with van der Waals surface area (Å²) in [7, 11) is 0. The largest absolute Gasteiger partial charge is 0.454 e. The molecule has 0 spiro atoms. The predicted octanol–water partition coefficient (Wildman–Crippen LogP) is 1.49. The molecule has 0 atom stereocenters. The molecule has 28 heavy (non-hydrogen) atoms. The number of ether oxygens (including phenoxy) is 2. The summed E-state index contributed by atoms with van der Waals surface area (Å²) in [4.78, 5) is 28.6. The lowest BCUT2D eigenvalue weighted by molar-refractivity contribution is -0.131. The molecule has 2 amide bonds. The monoisotopic (exact) mass is 381 g/mol. The van der Waals surface area contributed by atoms with Crippen molar-refractivity contribution >= 4 is 11.8 Å². The third-order valence-electron chi connectivity index (χ3n) is 5.00.